The van der Waals surface area contributed by atoms with E-state index in [0.29, 0.717) is 0 Å². The number of hydrogen-bond acceptors (Lipinski definition) is 3. The number of fused-ring (bicyclic) bond motifs is 1. The van der Waals surface area contributed by atoms with E-state index in [1.165, 1.54) is 10.1 Å². The van der Waals surface area contributed by atoms with Gasteiger partial charge in [0.25, 0.3) is 0 Å². The van der Waals surface area contributed by atoms with Gasteiger partial charge in [0, 0.05) is 35.3 Å². The predicted molar refractivity (Wildman–Crippen MR) is 72.8 cm³/mol. The molecular weight excluding hydrogens is 240 g/mol. The van der Waals surface area contributed by atoms with Gasteiger partial charge in [-0.2, -0.15) is 0 Å². The van der Waals surface area contributed by atoms with Crippen LogP contribution >= 0.6 is 22.9 Å². The lowest BCUT2D eigenvalue weighted by molar-refractivity contribution is 0.768. The van der Waals surface area contributed by atoms with E-state index < -0.39 is 0 Å². The number of pyridine rings is 1. The first-order chi connectivity index (χ1) is 7.68. The van der Waals surface area contributed by atoms with E-state index in [9.17, 15) is 0 Å². The Morgan fingerprint density at radius 3 is 3.06 bits per heavy atom. The van der Waals surface area contributed by atoms with E-state index in [0.717, 1.165) is 18.8 Å². The Balaban J connectivity index is 2.22. The van der Waals surface area contributed by atoms with Crippen LogP contribution < -0.4 is 4.90 Å². The molecule has 0 aliphatic heterocycles. The molecule has 2 heterocycles. The zero-order valence-electron chi connectivity index (χ0n) is 9.48. The fourth-order valence-corrected chi connectivity index (χ4v) is 2.54. The van der Waals surface area contributed by atoms with Crippen molar-refractivity contribution in [3.8, 4) is 0 Å². The molecule has 0 saturated heterocycles. The number of anilines is 1. The van der Waals surface area contributed by atoms with Gasteiger partial charge in [-0.05, 0) is 30.9 Å². The predicted octanol–water partition coefficient (Wildman–Crippen LogP) is 3.75. The van der Waals surface area contributed by atoms with Crippen molar-refractivity contribution >= 4 is 38.8 Å². The fourth-order valence-electron chi connectivity index (χ4n) is 1.66. The number of hydrogen-bond donors (Lipinski definition) is 0. The average molecular weight is 255 g/mol. The molecule has 0 aliphatic rings. The van der Waals surface area contributed by atoms with Crippen LogP contribution in [0.15, 0.2) is 23.7 Å². The van der Waals surface area contributed by atoms with Crippen LogP contribution in [0.1, 0.15) is 13.3 Å². The first kappa shape index (κ1) is 11.7. The van der Waals surface area contributed by atoms with E-state index in [-0.39, 0.29) is 5.38 Å². The molecule has 16 heavy (non-hydrogen) atoms. The standard InChI is InChI=1S/C12H15ClN2S/c1-9(13)4-7-15(2)12-10-5-8-16-11(10)3-6-14-12/h3,5-6,8-9H,4,7H2,1-2H3. The second kappa shape index (κ2) is 5.02. The van der Waals surface area contributed by atoms with E-state index in [1.54, 1.807) is 11.3 Å². The van der Waals surface area contributed by atoms with Crippen molar-refractivity contribution in [3.05, 3.63) is 23.7 Å². The Hall–Kier alpha value is -0.800. The lowest BCUT2D eigenvalue weighted by atomic mass is 10.2. The lowest BCUT2D eigenvalue weighted by Gasteiger charge is -2.19. The average Bonchev–Trinajstić information content (AvgIpc) is 2.73. The van der Waals surface area contributed by atoms with Crippen LogP contribution in [0.5, 0.6) is 0 Å². The minimum absolute atomic E-state index is 0.212. The summed E-state index contributed by atoms with van der Waals surface area (Å²) in [4.78, 5) is 6.62. The molecule has 0 fully saturated rings. The zero-order valence-corrected chi connectivity index (χ0v) is 11.1. The van der Waals surface area contributed by atoms with Crippen LogP contribution in [0, 0.1) is 0 Å². The first-order valence-electron chi connectivity index (χ1n) is 5.36. The molecule has 0 bridgehead atoms. The molecule has 0 radical (unpaired) electrons. The topological polar surface area (TPSA) is 16.1 Å². The summed E-state index contributed by atoms with van der Waals surface area (Å²) in [5, 5.41) is 3.55. The molecule has 2 aromatic rings. The molecule has 0 aliphatic carbocycles. The minimum atomic E-state index is 0.212. The van der Waals surface area contributed by atoms with Crippen molar-refractivity contribution in [3.63, 3.8) is 0 Å². The van der Waals surface area contributed by atoms with Crippen LogP contribution in [0.2, 0.25) is 0 Å². The molecule has 2 rings (SSSR count). The molecule has 1 atom stereocenters. The second-order valence-corrected chi connectivity index (χ2v) is 5.65. The van der Waals surface area contributed by atoms with Gasteiger partial charge in [-0.25, -0.2) is 4.98 Å². The molecule has 4 heteroatoms. The van der Waals surface area contributed by atoms with Crippen LogP contribution in [-0.4, -0.2) is 24.0 Å². The summed E-state index contributed by atoms with van der Waals surface area (Å²) in [6.07, 6.45) is 2.84. The molecular formula is C12H15ClN2S. The molecule has 2 nitrogen and oxygen atoms in total. The Kier molecular flexibility index (Phi) is 3.66. The van der Waals surface area contributed by atoms with Crippen LogP contribution in [-0.2, 0) is 0 Å². The first-order valence-corrected chi connectivity index (χ1v) is 6.67. The van der Waals surface area contributed by atoms with Crippen molar-refractivity contribution in [2.75, 3.05) is 18.5 Å². The van der Waals surface area contributed by atoms with Gasteiger partial charge in [0.2, 0.25) is 0 Å². The van der Waals surface area contributed by atoms with E-state index in [4.69, 9.17) is 11.6 Å². The van der Waals surface area contributed by atoms with Gasteiger partial charge >= 0.3 is 0 Å². The monoisotopic (exact) mass is 254 g/mol. The molecule has 2 aromatic heterocycles. The van der Waals surface area contributed by atoms with Crippen molar-refractivity contribution in [2.45, 2.75) is 18.7 Å². The zero-order chi connectivity index (χ0) is 11.5. The maximum Gasteiger partial charge on any atom is 0.136 e. The van der Waals surface area contributed by atoms with E-state index in [1.807, 2.05) is 13.1 Å². The highest BCUT2D eigenvalue weighted by Gasteiger charge is 2.08. The summed E-state index contributed by atoms with van der Waals surface area (Å²) in [6.45, 7) is 2.96. The largest absolute Gasteiger partial charge is 0.359 e. The van der Waals surface area contributed by atoms with E-state index in [2.05, 4.69) is 34.4 Å². The highest BCUT2D eigenvalue weighted by Crippen LogP contribution is 2.27. The molecule has 0 aromatic carbocycles. The SMILES string of the molecule is CC(Cl)CCN(C)c1nccc2sccc12. The molecule has 1 unspecified atom stereocenters. The summed E-state index contributed by atoms with van der Waals surface area (Å²) in [5.74, 6) is 1.05. The Labute approximate surface area is 105 Å². The van der Waals surface area contributed by atoms with Gasteiger partial charge in [-0.3, -0.25) is 0 Å². The number of alkyl halides is 1. The molecule has 0 saturated carbocycles. The number of halogens is 1. The van der Waals surface area contributed by atoms with Crippen LogP contribution in [0.4, 0.5) is 5.82 Å². The van der Waals surface area contributed by atoms with Gasteiger partial charge in [-0.15, -0.1) is 22.9 Å². The third-order valence-corrected chi connectivity index (χ3v) is 3.68. The van der Waals surface area contributed by atoms with Gasteiger partial charge in [0.05, 0.1) is 0 Å². The summed E-state index contributed by atoms with van der Waals surface area (Å²) in [5.41, 5.74) is 0. The molecule has 0 N–H and O–H groups in total. The lowest BCUT2D eigenvalue weighted by Crippen LogP contribution is -2.21. The summed E-state index contributed by atoms with van der Waals surface area (Å²) >= 11 is 7.71. The highest BCUT2D eigenvalue weighted by atomic mass is 35.5. The van der Waals surface area contributed by atoms with Crippen molar-refractivity contribution in [1.82, 2.24) is 4.98 Å². The van der Waals surface area contributed by atoms with Crippen molar-refractivity contribution < 1.29 is 0 Å². The minimum Gasteiger partial charge on any atom is -0.359 e. The third-order valence-electron chi connectivity index (χ3n) is 2.58. The number of nitrogens with zero attached hydrogens (tertiary/aromatic N) is 2. The van der Waals surface area contributed by atoms with Crippen molar-refractivity contribution in [2.24, 2.45) is 0 Å². The van der Waals surface area contributed by atoms with Gasteiger partial charge in [0.1, 0.15) is 5.82 Å². The maximum absolute atomic E-state index is 5.96. The number of thiophene rings is 1. The third kappa shape index (κ3) is 2.47. The number of rotatable bonds is 4. The Bertz CT molecular complexity index is 467. The van der Waals surface area contributed by atoms with Crippen LogP contribution in [0.25, 0.3) is 10.1 Å². The van der Waals surface area contributed by atoms with Gasteiger partial charge < -0.3 is 4.90 Å². The van der Waals surface area contributed by atoms with Crippen molar-refractivity contribution in [1.29, 1.82) is 0 Å². The highest BCUT2D eigenvalue weighted by molar-refractivity contribution is 7.17. The molecule has 86 valence electrons. The van der Waals surface area contributed by atoms with Crippen LogP contribution in [0.3, 0.4) is 0 Å². The van der Waals surface area contributed by atoms with Gasteiger partial charge in [-0.1, -0.05) is 0 Å². The number of aromatic nitrogens is 1. The molecule has 0 spiro atoms. The summed E-state index contributed by atoms with van der Waals surface area (Å²) in [6, 6.07) is 4.18. The Morgan fingerprint density at radius 1 is 1.50 bits per heavy atom. The maximum atomic E-state index is 5.96. The summed E-state index contributed by atoms with van der Waals surface area (Å²) in [7, 11) is 2.07. The normalized spacial score (nSPS) is 12.9. The fraction of sp³-hybridized carbons (Fsp3) is 0.417. The smallest absolute Gasteiger partial charge is 0.136 e. The Morgan fingerprint density at radius 2 is 2.31 bits per heavy atom. The van der Waals surface area contributed by atoms with E-state index >= 15 is 0 Å². The quantitative estimate of drug-likeness (QED) is 0.773. The summed E-state index contributed by atoms with van der Waals surface area (Å²) < 4.78 is 1.29. The second-order valence-electron chi connectivity index (χ2n) is 3.96. The molecule has 0 amide bonds. The van der Waals surface area contributed by atoms with Gasteiger partial charge in [0.15, 0.2) is 0 Å².